The van der Waals surface area contributed by atoms with Crippen LogP contribution in [0.15, 0.2) is 65.3 Å². The van der Waals surface area contributed by atoms with Crippen molar-refractivity contribution >= 4 is 38.9 Å². The topological polar surface area (TPSA) is 130 Å². The summed E-state index contributed by atoms with van der Waals surface area (Å²) >= 11 is 6.45. The van der Waals surface area contributed by atoms with E-state index in [4.69, 9.17) is 21.1 Å². The fraction of sp³-hybridized carbons (Fsp3) is 0.459. The number of carbonyl (C=O) groups excluding carboxylic acids is 1. The Morgan fingerprint density at radius 2 is 2.08 bits per heavy atom. The molecule has 256 valence electrons. The van der Waals surface area contributed by atoms with E-state index >= 15 is 0 Å². The number of methoxy groups -OCH3 is 1. The Hall–Kier alpha value is -3.98. The lowest BCUT2D eigenvalue weighted by atomic mass is 9.68. The number of aryl methyl sites for hydroxylation is 1. The van der Waals surface area contributed by atoms with E-state index in [1.54, 1.807) is 13.2 Å². The summed E-state index contributed by atoms with van der Waals surface area (Å²) in [5, 5.41) is 10.1. The molecule has 0 radical (unpaired) electrons. The van der Waals surface area contributed by atoms with Crippen LogP contribution in [0.4, 0.5) is 11.5 Å². The van der Waals surface area contributed by atoms with Crippen molar-refractivity contribution in [3.63, 3.8) is 0 Å². The molecular weight excluding hydrogens is 660 g/mol. The van der Waals surface area contributed by atoms with Gasteiger partial charge in [0.2, 0.25) is 0 Å². The summed E-state index contributed by atoms with van der Waals surface area (Å²) in [5.74, 6) is 0.965. The smallest absolute Gasteiger partial charge is 0.286 e. The lowest BCUT2D eigenvalue weighted by Gasteiger charge is -2.46. The van der Waals surface area contributed by atoms with Crippen LogP contribution in [0.2, 0.25) is 5.02 Å². The summed E-state index contributed by atoms with van der Waals surface area (Å²) in [5.41, 5.74) is 3.52. The number of aromatic nitrogens is 2. The molecule has 1 amide bonds. The van der Waals surface area contributed by atoms with Crippen LogP contribution in [-0.2, 0) is 26.5 Å². The van der Waals surface area contributed by atoms with Crippen molar-refractivity contribution in [3.05, 3.63) is 88.4 Å². The first kappa shape index (κ1) is 33.5. The number of hydrogen-bond donors (Lipinski definition) is 1. The van der Waals surface area contributed by atoms with Crippen LogP contribution in [-0.4, -0.2) is 58.7 Å². The normalized spacial score (nSPS) is 30.3. The van der Waals surface area contributed by atoms with Crippen molar-refractivity contribution in [2.75, 3.05) is 42.2 Å². The third-order valence-electron chi connectivity index (χ3n) is 10.5. The Morgan fingerprint density at radius 3 is 2.88 bits per heavy atom. The molecule has 6 atom stereocenters. The molecule has 1 fully saturated rings. The van der Waals surface area contributed by atoms with E-state index < -0.39 is 15.8 Å². The summed E-state index contributed by atoms with van der Waals surface area (Å²) < 4.78 is 34.4. The average molecular weight is 701 g/mol. The number of halogens is 1. The Balaban J connectivity index is 1.32. The first-order valence-electron chi connectivity index (χ1n) is 17.0. The molecular formula is C37H41ClN6O4S. The average Bonchev–Trinajstić information content (AvgIpc) is 3.22. The number of ether oxygens (including phenoxy) is 2. The zero-order valence-corrected chi connectivity index (χ0v) is 29.4. The number of amides is 1. The molecule has 2 bridgehead atoms. The SMILES string of the molecule is CO[C@H]1/C=C/C[C@H](C)CS(=O)(Nc2cncc(C#N)n2)=NC(=O)c2ccc3c(c2)N(C[C@@H]2CC[C@H]21)C[C@@]1(CCCc2cc(Cl)ccc21)CO3. The van der Waals surface area contributed by atoms with Gasteiger partial charge in [0.25, 0.3) is 5.91 Å². The van der Waals surface area contributed by atoms with E-state index in [-0.39, 0.29) is 34.7 Å². The number of nitriles is 1. The Morgan fingerprint density at radius 1 is 1.20 bits per heavy atom. The van der Waals surface area contributed by atoms with Crippen molar-refractivity contribution in [3.8, 4) is 11.8 Å². The van der Waals surface area contributed by atoms with E-state index in [0.29, 0.717) is 36.2 Å². The molecule has 3 heterocycles. The maximum atomic E-state index is 14.5. The fourth-order valence-electron chi connectivity index (χ4n) is 8.00. The van der Waals surface area contributed by atoms with Gasteiger partial charge in [-0.25, -0.2) is 9.19 Å². The van der Waals surface area contributed by atoms with E-state index in [1.807, 2.05) is 31.2 Å². The lowest BCUT2D eigenvalue weighted by Crippen LogP contribution is -2.49. The van der Waals surface area contributed by atoms with Gasteiger partial charge in [0.05, 0.1) is 36.5 Å². The zero-order chi connectivity index (χ0) is 34.2. The minimum absolute atomic E-state index is 0.0443. The Bertz CT molecular complexity index is 1950. The number of allylic oxidation sites excluding steroid dienone is 1. The first-order valence-corrected chi connectivity index (χ1v) is 19.0. The highest BCUT2D eigenvalue weighted by molar-refractivity contribution is 7.95. The second kappa shape index (κ2) is 13.7. The van der Waals surface area contributed by atoms with Gasteiger partial charge in [0, 0.05) is 36.2 Å². The quantitative estimate of drug-likeness (QED) is 0.297. The highest BCUT2D eigenvalue weighted by Gasteiger charge is 2.44. The van der Waals surface area contributed by atoms with Gasteiger partial charge >= 0.3 is 0 Å². The van der Waals surface area contributed by atoms with Gasteiger partial charge in [0.15, 0.2) is 11.5 Å². The van der Waals surface area contributed by atoms with Crippen molar-refractivity contribution in [1.82, 2.24) is 9.97 Å². The van der Waals surface area contributed by atoms with Gasteiger partial charge in [-0.05, 0) is 97.7 Å². The van der Waals surface area contributed by atoms with E-state index in [9.17, 15) is 14.3 Å². The summed E-state index contributed by atoms with van der Waals surface area (Å²) in [6, 6.07) is 13.6. The highest BCUT2D eigenvalue weighted by Crippen LogP contribution is 2.47. The third-order valence-corrected chi connectivity index (χ3v) is 12.8. The van der Waals surface area contributed by atoms with E-state index in [1.165, 1.54) is 23.5 Å². The Kier molecular flexibility index (Phi) is 9.39. The molecule has 2 aliphatic heterocycles. The van der Waals surface area contributed by atoms with Crippen LogP contribution in [0.1, 0.15) is 66.2 Å². The number of rotatable bonds is 3. The largest absolute Gasteiger partial charge is 0.490 e. The maximum Gasteiger partial charge on any atom is 0.286 e. The molecule has 49 heavy (non-hydrogen) atoms. The molecule has 2 aliphatic carbocycles. The number of nitrogens with zero attached hydrogens (tertiary/aromatic N) is 5. The van der Waals surface area contributed by atoms with Crippen molar-refractivity contribution in [1.29, 1.82) is 5.26 Å². The van der Waals surface area contributed by atoms with Gasteiger partial charge in [-0.15, -0.1) is 4.36 Å². The maximum absolute atomic E-state index is 14.5. The van der Waals surface area contributed by atoms with Crippen LogP contribution in [0.25, 0.3) is 0 Å². The third kappa shape index (κ3) is 6.91. The fourth-order valence-corrected chi connectivity index (χ4v) is 10.1. The van der Waals surface area contributed by atoms with Crippen molar-refractivity contribution in [2.24, 2.45) is 22.1 Å². The summed E-state index contributed by atoms with van der Waals surface area (Å²) in [6.07, 6.45) is 12.7. The molecule has 2 aromatic carbocycles. The predicted octanol–water partition coefficient (Wildman–Crippen LogP) is 6.75. The zero-order valence-electron chi connectivity index (χ0n) is 27.8. The van der Waals surface area contributed by atoms with E-state index in [2.05, 4.69) is 48.2 Å². The Labute approximate surface area is 293 Å². The minimum Gasteiger partial charge on any atom is -0.490 e. The number of benzene rings is 2. The van der Waals surface area contributed by atoms with Gasteiger partial charge in [-0.1, -0.05) is 36.7 Å². The molecule has 12 heteroatoms. The monoisotopic (exact) mass is 700 g/mol. The van der Waals surface area contributed by atoms with E-state index in [0.717, 1.165) is 55.9 Å². The number of carbonyl (C=O) groups is 1. The van der Waals surface area contributed by atoms with Gasteiger partial charge in [-0.2, -0.15) is 5.26 Å². The predicted molar refractivity (Wildman–Crippen MR) is 190 cm³/mol. The van der Waals surface area contributed by atoms with Crippen LogP contribution < -0.4 is 14.4 Å². The second-order valence-electron chi connectivity index (χ2n) is 14.0. The number of fused-ring (bicyclic) bond motifs is 4. The molecule has 3 aromatic rings. The summed E-state index contributed by atoms with van der Waals surface area (Å²) in [7, 11) is -1.61. The van der Waals surface area contributed by atoms with Crippen LogP contribution in [0.5, 0.6) is 5.75 Å². The van der Waals surface area contributed by atoms with Crippen LogP contribution in [0.3, 0.4) is 0 Å². The number of nitrogens with one attached hydrogen (secondary N) is 1. The van der Waals surface area contributed by atoms with Gasteiger partial charge in [-0.3, -0.25) is 14.5 Å². The van der Waals surface area contributed by atoms with Crippen LogP contribution >= 0.6 is 11.6 Å². The molecule has 10 nitrogen and oxygen atoms in total. The molecule has 7 rings (SSSR count). The summed E-state index contributed by atoms with van der Waals surface area (Å²) in [4.78, 5) is 24.6. The number of anilines is 2. The molecule has 4 aliphatic rings. The molecule has 0 saturated heterocycles. The minimum atomic E-state index is -3.38. The molecule has 1 saturated carbocycles. The van der Waals surface area contributed by atoms with Crippen molar-refractivity contribution < 1.29 is 18.5 Å². The highest BCUT2D eigenvalue weighted by atomic mass is 35.5. The van der Waals surface area contributed by atoms with Crippen LogP contribution in [0, 0.1) is 29.1 Å². The molecule has 1 unspecified atom stereocenters. The first-order chi connectivity index (χ1) is 23.7. The summed E-state index contributed by atoms with van der Waals surface area (Å²) in [6.45, 7) is 4.00. The molecule has 1 N–H and O–H groups in total. The second-order valence-corrected chi connectivity index (χ2v) is 16.4. The molecule has 1 spiro atoms. The number of hydrogen-bond acceptors (Lipinski definition) is 8. The standard InChI is InChI=1S/C37H41ClN6O4S/c1-24-5-3-7-33(47-2)30-11-8-27(30)20-44-22-37(14-4-6-25-15-28(38)10-12-31(25)37)23-48-34-13-9-26(16-32(34)44)36(45)43-49(46,21-24)42-35-19-40-18-29(17-39)41-35/h3,7,9-10,12-13,15-16,18-19,24,27,30,33H,4-6,8,11,14,20-23H2,1-2H3,(H,41,42,43,45,46)/b7-3+/t24-,27-,30+,33-,37-,49?/m0/s1. The van der Waals surface area contributed by atoms with Crippen molar-refractivity contribution in [2.45, 2.75) is 57.0 Å². The lowest BCUT2D eigenvalue weighted by molar-refractivity contribution is 0.0131. The molecule has 1 aromatic heterocycles. The van der Waals surface area contributed by atoms with Gasteiger partial charge in [0.1, 0.15) is 21.7 Å². The van der Waals surface area contributed by atoms with Gasteiger partial charge < -0.3 is 14.4 Å².